The number of ketones is 1. The molecule has 4 heteroatoms. The zero-order valence-electron chi connectivity index (χ0n) is 12.7. The Morgan fingerprint density at radius 2 is 2.00 bits per heavy atom. The Balaban J connectivity index is 1.83. The van der Waals surface area contributed by atoms with E-state index in [0.29, 0.717) is 16.7 Å². The molecule has 0 amide bonds. The van der Waals surface area contributed by atoms with Crippen molar-refractivity contribution >= 4 is 34.5 Å². The molecule has 1 atom stereocenters. The highest BCUT2D eigenvalue weighted by Gasteiger charge is 2.28. The number of Topliss-reactive ketones (excluding diaryl/α,β-unsaturated/α-hetero) is 1. The number of hydrogen-bond donors (Lipinski definition) is 1. The molecule has 1 heterocycles. The number of benzene rings is 2. The zero-order valence-corrected chi connectivity index (χ0v) is 13.5. The van der Waals surface area contributed by atoms with Gasteiger partial charge in [0.1, 0.15) is 0 Å². The van der Waals surface area contributed by atoms with Gasteiger partial charge in [0.15, 0.2) is 10.9 Å². The van der Waals surface area contributed by atoms with E-state index in [1.165, 1.54) is 5.56 Å². The third-order valence-corrected chi connectivity index (χ3v) is 4.25. The van der Waals surface area contributed by atoms with Gasteiger partial charge in [-0.1, -0.05) is 30.3 Å². The van der Waals surface area contributed by atoms with Crippen LogP contribution in [-0.2, 0) is 6.42 Å². The van der Waals surface area contributed by atoms with Gasteiger partial charge in [-0.3, -0.25) is 4.79 Å². The number of rotatable bonds is 2. The Hall–Kier alpha value is -2.20. The fourth-order valence-corrected chi connectivity index (χ4v) is 3.27. The highest BCUT2D eigenvalue weighted by atomic mass is 32.1. The van der Waals surface area contributed by atoms with Crippen LogP contribution < -0.4 is 10.2 Å². The molecule has 0 aliphatic carbocycles. The van der Waals surface area contributed by atoms with Crippen LogP contribution in [0.2, 0.25) is 0 Å². The lowest BCUT2D eigenvalue weighted by Gasteiger charge is -2.26. The van der Waals surface area contributed by atoms with Crippen LogP contribution in [0.15, 0.2) is 48.5 Å². The lowest BCUT2D eigenvalue weighted by molar-refractivity contribution is 0.101. The number of thiocarbonyl (C=S) groups is 1. The minimum atomic E-state index is 0.0504. The first kappa shape index (κ1) is 14.7. The first-order valence-electron chi connectivity index (χ1n) is 7.35. The molecule has 112 valence electrons. The summed E-state index contributed by atoms with van der Waals surface area (Å²) in [5.41, 5.74) is 4.00. The molecule has 1 N–H and O–H groups in total. The Kier molecular flexibility index (Phi) is 3.94. The van der Waals surface area contributed by atoms with Crippen molar-refractivity contribution in [1.29, 1.82) is 0 Å². The topological polar surface area (TPSA) is 32.3 Å². The molecule has 0 saturated carbocycles. The minimum Gasteiger partial charge on any atom is -0.332 e. The van der Waals surface area contributed by atoms with Gasteiger partial charge in [-0.25, -0.2) is 0 Å². The molecular weight excluding hydrogens is 292 g/mol. The van der Waals surface area contributed by atoms with Crippen LogP contribution in [0, 0.1) is 0 Å². The predicted molar refractivity (Wildman–Crippen MR) is 94.8 cm³/mol. The SMILES string of the molecule is CC(=O)c1cccc(NC(=S)N2c3ccccc3C[C@H]2C)c1. The van der Waals surface area contributed by atoms with Crippen molar-refractivity contribution in [1.82, 2.24) is 0 Å². The Morgan fingerprint density at radius 1 is 1.23 bits per heavy atom. The summed E-state index contributed by atoms with van der Waals surface area (Å²) < 4.78 is 0. The van der Waals surface area contributed by atoms with Crippen molar-refractivity contribution < 1.29 is 4.79 Å². The maximum atomic E-state index is 11.5. The molecule has 0 bridgehead atoms. The van der Waals surface area contributed by atoms with Crippen molar-refractivity contribution in [2.75, 3.05) is 10.2 Å². The second-order valence-electron chi connectivity index (χ2n) is 5.62. The van der Waals surface area contributed by atoms with Gasteiger partial charge < -0.3 is 10.2 Å². The second-order valence-corrected chi connectivity index (χ2v) is 6.01. The summed E-state index contributed by atoms with van der Waals surface area (Å²) in [6.07, 6.45) is 0.992. The van der Waals surface area contributed by atoms with E-state index in [0.717, 1.165) is 17.8 Å². The van der Waals surface area contributed by atoms with Crippen LogP contribution >= 0.6 is 12.2 Å². The number of carbonyl (C=O) groups excluding carboxylic acids is 1. The van der Waals surface area contributed by atoms with E-state index in [2.05, 4.69) is 35.3 Å². The molecule has 0 radical (unpaired) electrons. The summed E-state index contributed by atoms with van der Waals surface area (Å²) >= 11 is 5.59. The Bertz CT molecular complexity index is 741. The standard InChI is InChI=1S/C18H18N2OS/c1-12-10-15-6-3-4-9-17(15)20(12)18(22)19-16-8-5-7-14(11-16)13(2)21/h3-9,11-12H,10H2,1-2H3,(H,19,22)/t12-/m1/s1. The van der Waals surface area contributed by atoms with Crippen molar-refractivity contribution in [3.05, 3.63) is 59.7 Å². The number of nitrogens with zero attached hydrogens (tertiary/aromatic N) is 1. The first-order chi connectivity index (χ1) is 10.6. The first-order valence-corrected chi connectivity index (χ1v) is 7.76. The van der Waals surface area contributed by atoms with Crippen LogP contribution in [0.5, 0.6) is 0 Å². The van der Waals surface area contributed by atoms with Gasteiger partial charge in [0.05, 0.1) is 0 Å². The van der Waals surface area contributed by atoms with Crippen LogP contribution in [0.25, 0.3) is 0 Å². The zero-order chi connectivity index (χ0) is 15.7. The summed E-state index contributed by atoms with van der Waals surface area (Å²) in [7, 11) is 0. The van der Waals surface area contributed by atoms with Gasteiger partial charge in [-0.15, -0.1) is 0 Å². The fourth-order valence-electron chi connectivity index (χ4n) is 2.87. The van der Waals surface area contributed by atoms with E-state index in [-0.39, 0.29) is 5.78 Å². The van der Waals surface area contributed by atoms with E-state index in [1.54, 1.807) is 6.92 Å². The molecule has 1 aliphatic heterocycles. The van der Waals surface area contributed by atoms with Gasteiger partial charge in [0.2, 0.25) is 0 Å². The largest absolute Gasteiger partial charge is 0.332 e. The van der Waals surface area contributed by atoms with Crippen LogP contribution in [-0.4, -0.2) is 16.9 Å². The van der Waals surface area contributed by atoms with Crippen molar-refractivity contribution in [2.24, 2.45) is 0 Å². The molecule has 0 saturated heterocycles. The van der Waals surface area contributed by atoms with Crippen molar-refractivity contribution in [2.45, 2.75) is 26.3 Å². The molecule has 3 nitrogen and oxygen atoms in total. The number of fused-ring (bicyclic) bond motifs is 1. The quantitative estimate of drug-likeness (QED) is 0.670. The van der Waals surface area contributed by atoms with Crippen LogP contribution in [0.1, 0.15) is 29.8 Å². The van der Waals surface area contributed by atoms with E-state index in [9.17, 15) is 4.79 Å². The molecule has 22 heavy (non-hydrogen) atoms. The molecule has 2 aromatic carbocycles. The van der Waals surface area contributed by atoms with Gasteiger partial charge in [-0.05, 0) is 56.2 Å². The lowest BCUT2D eigenvalue weighted by atomic mass is 10.1. The number of anilines is 2. The van der Waals surface area contributed by atoms with Crippen LogP contribution in [0.4, 0.5) is 11.4 Å². The maximum Gasteiger partial charge on any atom is 0.178 e. The molecule has 0 spiro atoms. The fraction of sp³-hybridized carbons (Fsp3) is 0.222. The predicted octanol–water partition coefficient (Wildman–Crippen LogP) is 4.04. The molecule has 3 rings (SSSR count). The number of nitrogens with one attached hydrogen (secondary N) is 1. The summed E-state index contributed by atoms with van der Waals surface area (Å²) in [6.45, 7) is 3.73. The summed E-state index contributed by atoms with van der Waals surface area (Å²) in [5, 5.41) is 3.92. The molecular formula is C18H18N2OS. The molecule has 1 aliphatic rings. The van der Waals surface area contributed by atoms with E-state index >= 15 is 0 Å². The normalized spacial score (nSPS) is 16.3. The highest BCUT2D eigenvalue weighted by molar-refractivity contribution is 7.80. The second kappa shape index (κ2) is 5.89. The summed E-state index contributed by atoms with van der Waals surface area (Å²) in [5.74, 6) is 0.0504. The Labute approximate surface area is 136 Å². The van der Waals surface area contributed by atoms with Gasteiger partial charge in [0.25, 0.3) is 0 Å². The number of carbonyl (C=O) groups is 1. The summed E-state index contributed by atoms with van der Waals surface area (Å²) in [6, 6.07) is 16.1. The molecule has 0 aromatic heterocycles. The average Bonchev–Trinajstić information content (AvgIpc) is 2.83. The minimum absolute atomic E-state index is 0.0504. The van der Waals surface area contributed by atoms with Gasteiger partial charge in [0, 0.05) is 23.0 Å². The van der Waals surface area contributed by atoms with E-state index < -0.39 is 0 Å². The monoisotopic (exact) mass is 310 g/mol. The number of hydrogen-bond acceptors (Lipinski definition) is 2. The van der Waals surface area contributed by atoms with Gasteiger partial charge >= 0.3 is 0 Å². The molecule has 2 aromatic rings. The van der Waals surface area contributed by atoms with E-state index in [1.807, 2.05) is 30.3 Å². The van der Waals surface area contributed by atoms with Crippen LogP contribution in [0.3, 0.4) is 0 Å². The third kappa shape index (κ3) is 2.74. The smallest absolute Gasteiger partial charge is 0.178 e. The maximum absolute atomic E-state index is 11.5. The molecule has 0 fully saturated rings. The highest BCUT2D eigenvalue weighted by Crippen LogP contribution is 2.32. The third-order valence-electron chi connectivity index (χ3n) is 3.95. The van der Waals surface area contributed by atoms with Crippen molar-refractivity contribution in [3.8, 4) is 0 Å². The number of para-hydroxylation sites is 1. The van der Waals surface area contributed by atoms with Gasteiger partial charge in [-0.2, -0.15) is 0 Å². The Morgan fingerprint density at radius 3 is 2.77 bits per heavy atom. The lowest BCUT2D eigenvalue weighted by Crippen LogP contribution is -2.38. The average molecular weight is 310 g/mol. The van der Waals surface area contributed by atoms with E-state index in [4.69, 9.17) is 12.2 Å². The molecule has 0 unspecified atom stereocenters. The van der Waals surface area contributed by atoms with Crippen molar-refractivity contribution in [3.63, 3.8) is 0 Å². The summed E-state index contributed by atoms with van der Waals surface area (Å²) in [4.78, 5) is 13.6.